The van der Waals surface area contributed by atoms with E-state index in [-0.39, 0.29) is 5.38 Å². The quantitative estimate of drug-likeness (QED) is 0.728. The monoisotopic (exact) mass is 304 g/mol. The van der Waals surface area contributed by atoms with Crippen LogP contribution in [0.4, 0.5) is 0 Å². The third kappa shape index (κ3) is 2.47. The fourth-order valence-electron chi connectivity index (χ4n) is 1.33. The standard InChI is InChI=1S/C11H10BrClOS/c1-2-7-3-4-8(14-7)11(13)9-5-6-10(12)15-9/h3-6,11H,2H2,1H3. The molecular formula is C11H10BrClOS. The molecule has 2 rings (SSSR count). The number of furan rings is 1. The minimum atomic E-state index is -0.179. The number of hydrogen-bond acceptors (Lipinski definition) is 2. The van der Waals surface area contributed by atoms with Gasteiger partial charge in [-0.25, -0.2) is 0 Å². The summed E-state index contributed by atoms with van der Waals surface area (Å²) in [4.78, 5) is 1.10. The molecular weight excluding hydrogens is 296 g/mol. The summed E-state index contributed by atoms with van der Waals surface area (Å²) in [6.07, 6.45) is 0.901. The summed E-state index contributed by atoms with van der Waals surface area (Å²) in [6.45, 7) is 2.06. The Morgan fingerprint density at radius 1 is 1.40 bits per heavy atom. The highest BCUT2D eigenvalue weighted by molar-refractivity contribution is 9.11. The predicted octanol–water partition coefficient (Wildman–Crippen LogP) is 4.99. The van der Waals surface area contributed by atoms with Crippen molar-refractivity contribution in [2.45, 2.75) is 18.7 Å². The molecule has 0 saturated heterocycles. The van der Waals surface area contributed by atoms with Crippen LogP contribution in [0.1, 0.15) is 28.7 Å². The van der Waals surface area contributed by atoms with E-state index in [1.165, 1.54) is 0 Å². The zero-order chi connectivity index (χ0) is 10.8. The molecule has 1 atom stereocenters. The molecule has 2 aromatic rings. The number of hydrogen-bond donors (Lipinski definition) is 0. The average molecular weight is 306 g/mol. The molecule has 15 heavy (non-hydrogen) atoms. The van der Waals surface area contributed by atoms with Crippen LogP contribution in [0.15, 0.2) is 32.5 Å². The molecule has 80 valence electrons. The molecule has 1 unspecified atom stereocenters. The van der Waals surface area contributed by atoms with Gasteiger partial charge >= 0.3 is 0 Å². The van der Waals surface area contributed by atoms with E-state index in [4.69, 9.17) is 16.0 Å². The van der Waals surface area contributed by atoms with Crippen LogP contribution in [0.5, 0.6) is 0 Å². The maximum atomic E-state index is 6.31. The molecule has 0 spiro atoms. The van der Waals surface area contributed by atoms with Gasteiger partial charge in [0.15, 0.2) is 0 Å². The smallest absolute Gasteiger partial charge is 0.127 e. The first-order valence-electron chi connectivity index (χ1n) is 4.68. The summed E-state index contributed by atoms with van der Waals surface area (Å²) in [5.74, 6) is 1.80. The first-order chi connectivity index (χ1) is 7.20. The Hall–Kier alpha value is -0.250. The highest BCUT2D eigenvalue weighted by Gasteiger charge is 2.16. The molecule has 0 bridgehead atoms. The van der Waals surface area contributed by atoms with E-state index in [0.717, 1.165) is 26.6 Å². The maximum Gasteiger partial charge on any atom is 0.127 e. The largest absolute Gasteiger partial charge is 0.464 e. The summed E-state index contributed by atoms with van der Waals surface area (Å²) < 4.78 is 6.71. The normalized spacial score (nSPS) is 13.0. The highest BCUT2D eigenvalue weighted by Crippen LogP contribution is 2.36. The van der Waals surface area contributed by atoms with E-state index in [1.807, 2.05) is 24.3 Å². The molecule has 0 aliphatic carbocycles. The number of alkyl halides is 1. The van der Waals surface area contributed by atoms with Crippen LogP contribution >= 0.6 is 38.9 Å². The lowest BCUT2D eigenvalue weighted by Gasteiger charge is -2.02. The Balaban J connectivity index is 2.23. The highest BCUT2D eigenvalue weighted by atomic mass is 79.9. The van der Waals surface area contributed by atoms with Crippen molar-refractivity contribution in [2.75, 3.05) is 0 Å². The van der Waals surface area contributed by atoms with Crippen molar-refractivity contribution in [3.05, 3.63) is 44.4 Å². The number of halogens is 2. The van der Waals surface area contributed by atoms with Gasteiger partial charge < -0.3 is 4.42 Å². The minimum absolute atomic E-state index is 0.179. The van der Waals surface area contributed by atoms with Crippen molar-refractivity contribution in [3.8, 4) is 0 Å². The zero-order valence-electron chi connectivity index (χ0n) is 8.17. The second-order valence-electron chi connectivity index (χ2n) is 3.16. The predicted molar refractivity (Wildman–Crippen MR) is 67.8 cm³/mol. The molecule has 2 aromatic heterocycles. The van der Waals surface area contributed by atoms with Crippen molar-refractivity contribution in [2.24, 2.45) is 0 Å². The van der Waals surface area contributed by atoms with Gasteiger partial charge in [-0.3, -0.25) is 0 Å². The third-order valence-electron chi connectivity index (χ3n) is 2.12. The molecule has 0 radical (unpaired) electrons. The Labute approximate surface area is 106 Å². The van der Waals surface area contributed by atoms with Gasteiger partial charge in [-0.1, -0.05) is 6.92 Å². The van der Waals surface area contributed by atoms with Gasteiger partial charge in [-0.05, 0) is 40.2 Å². The summed E-state index contributed by atoms with van der Waals surface area (Å²) in [5, 5.41) is -0.179. The van der Waals surface area contributed by atoms with Gasteiger partial charge in [-0.2, -0.15) is 0 Å². The molecule has 0 amide bonds. The van der Waals surface area contributed by atoms with E-state index < -0.39 is 0 Å². The second kappa shape index (κ2) is 4.73. The topological polar surface area (TPSA) is 13.1 Å². The maximum absolute atomic E-state index is 6.31. The van der Waals surface area contributed by atoms with Crippen molar-refractivity contribution in [1.82, 2.24) is 0 Å². The first-order valence-corrected chi connectivity index (χ1v) is 6.73. The van der Waals surface area contributed by atoms with Gasteiger partial charge in [0.2, 0.25) is 0 Å². The fraction of sp³-hybridized carbons (Fsp3) is 0.273. The third-order valence-corrected chi connectivity index (χ3v) is 4.39. The molecule has 0 N–H and O–H groups in total. The van der Waals surface area contributed by atoms with Crippen molar-refractivity contribution < 1.29 is 4.42 Å². The van der Waals surface area contributed by atoms with E-state index in [1.54, 1.807) is 11.3 Å². The van der Waals surface area contributed by atoms with Gasteiger partial charge in [0.1, 0.15) is 16.9 Å². The zero-order valence-corrected chi connectivity index (χ0v) is 11.3. The van der Waals surface area contributed by atoms with Crippen LogP contribution < -0.4 is 0 Å². The van der Waals surface area contributed by atoms with Crippen LogP contribution in [-0.4, -0.2) is 0 Å². The number of aryl methyl sites for hydroxylation is 1. The van der Waals surface area contributed by atoms with Crippen LogP contribution in [0.3, 0.4) is 0 Å². The van der Waals surface area contributed by atoms with Crippen LogP contribution in [0.2, 0.25) is 0 Å². The van der Waals surface area contributed by atoms with Gasteiger partial charge in [0.05, 0.1) is 3.79 Å². The summed E-state index contributed by atoms with van der Waals surface area (Å²) in [5.41, 5.74) is 0. The van der Waals surface area contributed by atoms with E-state index in [2.05, 4.69) is 22.9 Å². The molecule has 1 nitrogen and oxygen atoms in total. The summed E-state index contributed by atoms with van der Waals surface area (Å²) in [6, 6.07) is 7.94. The summed E-state index contributed by atoms with van der Waals surface area (Å²) in [7, 11) is 0. The molecule has 0 aliphatic heterocycles. The molecule has 0 aromatic carbocycles. The molecule has 4 heteroatoms. The van der Waals surface area contributed by atoms with Crippen LogP contribution in [0, 0.1) is 0 Å². The fourth-order valence-corrected chi connectivity index (χ4v) is 3.06. The van der Waals surface area contributed by atoms with Gasteiger partial charge in [0.25, 0.3) is 0 Å². The van der Waals surface area contributed by atoms with Crippen molar-refractivity contribution >= 4 is 38.9 Å². The van der Waals surface area contributed by atoms with E-state index in [9.17, 15) is 0 Å². The number of thiophene rings is 1. The lowest BCUT2D eigenvalue weighted by atomic mass is 10.3. The van der Waals surface area contributed by atoms with E-state index >= 15 is 0 Å². The number of rotatable bonds is 3. The first kappa shape index (κ1) is 11.2. The van der Waals surface area contributed by atoms with E-state index in [0.29, 0.717) is 0 Å². The van der Waals surface area contributed by atoms with Crippen LogP contribution in [-0.2, 0) is 6.42 Å². The lowest BCUT2D eigenvalue weighted by Crippen LogP contribution is -1.86. The molecule has 2 heterocycles. The Kier molecular flexibility index (Phi) is 3.54. The average Bonchev–Trinajstić information content (AvgIpc) is 2.84. The van der Waals surface area contributed by atoms with Gasteiger partial charge in [-0.15, -0.1) is 22.9 Å². The SMILES string of the molecule is CCc1ccc(C(Cl)c2ccc(Br)s2)o1. The lowest BCUT2D eigenvalue weighted by molar-refractivity contribution is 0.475. The molecule has 0 aliphatic rings. The minimum Gasteiger partial charge on any atom is -0.464 e. The summed E-state index contributed by atoms with van der Waals surface area (Å²) >= 11 is 11.4. The van der Waals surface area contributed by atoms with Crippen molar-refractivity contribution in [1.29, 1.82) is 0 Å². The Morgan fingerprint density at radius 3 is 2.73 bits per heavy atom. The van der Waals surface area contributed by atoms with Gasteiger partial charge in [0, 0.05) is 11.3 Å². The Bertz CT molecular complexity index is 449. The Morgan fingerprint density at radius 2 is 2.20 bits per heavy atom. The van der Waals surface area contributed by atoms with Crippen molar-refractivity contribution in [3.63, 3.8) is 0 Å². The van der Waals surface area contributed by atoms with Crippen LogP contribution in [0.25, 0.3) is 0 Å². The molecule has 0 saturated carbocycles. The molecule has 0 fully saturated rings. The second-order valence-corrected chi connectivity index (χ2v) is 6.09.